The highest BCUT2D eigenvalue weighted by atomic mass is 19.4. The Morgan fingerprint density at radius 1 is 1.17 bits per heavy atom. The number of nitrogens with zero attached hydrogens (tertiary/aromatic N) is 5. The van der Waals surface area contributed by atoms with Crippen LogP contribution in [0.2, 0.25) is 0 Å². The highest BCUT2D eigenvalue weighted by Crippen LogP contribution is 2.35. The topological polar surface area (TPSA) is 89.0 Å². The summed E-state index contributed by atoms with van der Waals surface area (Å²) in [6, 6.07) is 3.80. The van der Waals surface area contributed by atoms with Gasteiger partial charge in [0.15, 0.2) is 5.65 Å². The second kappa shape index (κ2) is 9.23. The van der Waals surface area contributed by atoms with Crippen LogP contribution in [0.5, 0.6) is 5.75 Å². The molecule has 1 amide bonds. The third-order valence-corrected chi connectivity index (χ3v) is 6.65. The number of fused-ring (bicyclic) bond motifs is 1. The maximum atomic E-state index is 14.0. The van der Waals surface area contributed by atoms with Gasteiger partial charge in [-0.1, -0.05) is 0 Å². The van der Waals surface area contributed by atoms with Crippen molar-refractivity contribution in [1.82, 2.24) is 19.5 Å². The monoisotopic (exact) mass is 506 g/mol. The molecule has 2 aromatic heterocycles. The number of ether oxygens (including phenoxy) is 1. The van der Waals surface area contributed by atoms with Crippen LogP contribution in [0.3, 0.4) is 0 Å². The summed E-state index contributed by atoms with van der Waals surface area (Å²) in [5.41, 5.74) is 7.66. The Labute approximate surface area is 204 Å². The van der Waals surface area contributed by atoms with E-state index < -0.39 is 35.4 Å². The number of likely N-dealkylation sites (tertiary alicyclic amines) is 1. The zero-order chi connectivity index (χ0) is 25.6. The van der Waals surface area contributed by atoms with Crippen LogP contribution in [-0.4, -0.2) is 57.4 Å². The minimum absolute atomic E-state index is 0.0961. The minimum atomic E-state index is -5.02. The fraction of sp³-hybridized carbons (Fsp3) is 0.458. The van der Waals surface area contributed by atoms with Crippen molar-refractivity contribution in [3.8, 4) is 5.75 Å². The fourth-order valence-electron chi connectivity index (χ4n) is 5.00. The van der Waals surface area contributed by atoms with Crippen molar-refractivity contribution in [3.05, 3.63) is 53.1 Å². The van der Waals surface area contributed by atoms with E-state index in [4.69, 9.17) is 10.7 Å². The van der Waals surface area contributed by atoms with Gasteiger partial charge in [0.1, 0.15) is 17.4 Å². The van der Waals surface area contributed by atoms with Gasteiger partial charge in [0.05, 0.1) is 17.3 Å². The Kier molecular flexibility index (Phi) is 6.23. The lowest BCUT2D eigenvalue weighted by Gasteiger charge is -2.35. The molecule has 0 radical (unpaired) electrons. The average molecular weight is 507 g/mol. The Balaban J connectivity index is 1.48. The number of amides is 1. The predicted octanol–water partition coefficient (Wildman–Crippen LogP) is 3.98. The number of aryl methyl sites for hydroxylation is 1. The molecule has 5 rings (SSSR count). The normalized spacial score (nSPS) is 20.8. The number of carbonyl (C=O) groups excluding carboxylic acids is 1. The molecular weight excluding hydrogens is 480 g/mol. The van der Waals surface area contributed by atoms with Gasteiger partial charge in [-0.15, -0.1) is 13.2 Å². The molecule has 36 heavy (non-hydrogen) atoms. The molecule has 2 aliphatic heterocycles. The van der Waals surface area contributed by atoms with Crippen LogP contribution < -0.4 is 15.4 Å². The zero-order valence-corrected chi connectivity index (χ0v) is 19.6. The number of anilines is 1. The molecule has 0 unspecified atom stereocenters. The second-order valence-corrected chi connectivity index (χ2v) is 9.31. The third kappa shape index (κ3) is 4.81. The lowest BCUT2D eigenvalue weighted by atomic mass is 9.98. The van der Waals surface area contributed by atoms with Crippen LogP contribution in [0, 0.1) is 12.7 Å². The quantitative estimate of drug-likeness (QED) is 0.539. The highest BCUT2D eigenvalue weighted by molar-refractivity contribution is 5.97. The van der Waals surface area contributed by atoms with Crippen LogP contribution >= 0.6 is 0 Å². The molecule has 0 aliphatic carbocycles. The standard InChI is InChI=1S/C24H26F4N6O2/c1-14-12-34-21(30-22(14)32-9-7-16(29)13-32)11-18(31-34)19-4-2-3-8-33(19)23(35)17-10-15(25)5-6-20(17)36-24(26,27)28/h5-6,10-12,16,19H,2-4,7-9,13,29H2,1H3/t16-,19-/m0/s1. The van der Waals surface area contributed by atoms with Crippen LogP contribution in [0.4, 0.5) is 23.4 Å². The van der Waals surface area contributed by atoms with E-state index in [2.05, 4.69) is 14.7 Å². The van der Waals surface area contributed by atoms with E-state index in [-0.39, 0.29) is 6.04 Å². The molecule has 0 saturated carbocycles. The van der Waals surface area contributed by atoms with Crippen molar-refractivity contribution in [3.63, 3.8) is 0 Å². The molecule has 12 heteroatoms. The summed E-state index contributed by atoms with van der Waals surface area (Å²) in [5.74, 6) is -1.49. The molecule has 2 N–H and O–H groups in total. The molecule has 0 spiro atoms. The van der Waals surface area contributed by atoms with Gasteiger partial charge in [-0.05, 0) is 50.8 Å². The summed E-state index contributed by atoms with van der Waals surface area (Å²) in [6.07, 6.45) is -0.237. The summed E-state index contributed by atoms with van der Waals surface area (Å²) in [7, 11) is 0. The van der Waals surface area contributed by atoms with Crippen molar-refractivity contribution in [2.24, 2.45) is 5.73 Å². The lowest BCUT2D eigenvalue weighted by Crippen LogP contribution is -2.39. The molecule has 2 atom stereocenters. The van der Waals surface area contributed by atoms with Gasteiger partial charge < -0.3 is 20.3 Å². The van der Waals surface area contributed by atoms with E-state index in [9.17, 15) is 22.4 Å². The summed E-state index contributed by atoms with van der Waals surface area (Å²) in [5, 5.41) is 4.64. The maximum absolute atomic E-state index is 14.0. The van der Waals surface area contributed by atoms with Gasteiger partial charge in [-0.3, -0.25) is 4.79 Å². The number of halogens is 4. The van der Waals surface area contributed by atoms with Crippen molar-refractivity contribution < 1.29 is 27.1 Å². The predicted molar refractivity (Wildman–Crippen MR) is 123 cm³/mol. The van der Waals surface area contributed by atoms with E-state index in [1.807, 2.05) is 13.1 Å². The molecule has 192 valence electrons. The fourth-order valence-corrected chi connectivity index (χ4v) is 5.00. The lowest BCUT2D eigenvalue weighted by molar-refractivity contribution is -0.274. The molecule has 4 heterocycles. The first-order valence-electron chi connectivity index (χ1n) is 11.8. The third-order valence-electron chi connectivity index (χ3n) is 6.65. The van der Waals surface area contributed by atoms with Gasteiger partial charge in [0.25, 0.3) is 5.91 Å². The van der Waals surface area contributed by atoms with Gasteiger partial charge in [0, 0.05) is 43.5 Å². The number of nitrogens with two attached hydrogens (primary N) is 1. The first-order chi connectivity index (χ1) is 17.1. The van der Waals surface area contributed by atoms with Crippen LogP contribution in [0.25, 0.3) is 5.65 Å². The number of rotatable bonds is 4. The average Bonchev–Trinajstić information content (AvgIpc) is 3.44. The minimum Gasteiger partial charge on any atom is -0.405 e. The van der Waals surface area contributed by atoms with Gasteiger partial charge in [-0.2, -0.15) is 5.10 Å². The van der Waals surface area contributed by atoms with Gasteiger partial charge in [0.2, 0.25) is 0 Å². The largest absolute Gasteiger partial charge is 0.573 e. The van der Waals surface area contributed by atoms with Crippen LogP contribution in [-0.2, 0) is 0 Å². The zero-order valence-electron chi connectivity index (χ0n) is 19.6. The van der Waals surface area contributed by atoms with Crippen LogP contribution in [0.1, 0.15) is 53.3 Å². The van der Waals surface area contributed by atoms with Crippen molar-refractivity contribution in [1.29, 1.82) is 0 Å². The molecule has 3 aromatic rings. The Bertz CT molecular complexity index is 1290. The number of hydrogen-bond acceptors (Lipinski definition) is 6. The summed E-state index contributed by atoms with van der Waals surface area (Å²) < 4.78 is 58.4. The first kappa shape index (κ1) is 24.3. The first-order valence-corrected chi connectivity index (χ1v) is 11.8. The Hall–Kier alpha value is -3.41. The van der Waals surface area contributed by atoms with Gasteiger partial charge in [-0.25, -0.2) is 13.9 Å². The number of aromatic nitrogens is 3. The number of benzene rings is 1. The second-order valence-electron chi connectivity index (χ2n) is 9.31. The number of alkyl halides is 3. The molecule has 1 aromatic carbocycles. The van der Waals surface area contributed by atoms with E-state index in [0.29, 0.717) is 37.3 Å². The Morgan fingerprint density at radius 3 is 2.69 bits per heavy atom. The van der Waals surface area contributed by atoms with E-state index in [1.165, 1.54) is 4.90 Å². The molecule has 2 aliphatic rings. The number of carbonyl (C=O) groups is 1. The van der Waals surface area contributed by atoms with Crippen molar-refractivity contribution in [2.45, 2.75) is 51.1 Å². The molecule has 2 saturated heterocycles. The SMILES string of the molecule is Cc1cn2nc([C@@H]3CCCCN3C(=O)c3cc(F)ccc3OC(F)(F)F)cc2nc1N1CC[C@H](N)C1. The van der Waals surface area contributed by atoms with Crippen LogP contribution in [0.15, 0.2) is 30.5 Å². The molecule has 2 fully saturated rings. The Morgan fingerprint density at radius 2 is 1.97 bits per heavy atom. The maximum Gasteiger partial charge on any atom is 0.573 e. The van der Waals surface area contributed by atoms with Crippen molar-refractivity contribution >= 4 is 17.4 Å². The summed E-state index contributed by atoms with van der Waals surface area (Å²) in [6.45, 7) is 3.76. The highest BCUT2D eigenvalue weighted by Gasteiger charge is 2.36. The van der Waals surface area contributed by atoms with Gasteiger partial charge >= 0.3 is 6.36 Å². The summed E-state index contributed by atoms with van der Waals surface area (Å²) in [4.78, 5) is 21.8. The number of hydrogen-bond donors (Lipinski definition) is 1. The molecular formula is C24H26F4N6O2. The molecule has 8 nitrogen and oxygen atoms in total. The van der Waals surface area contributed by atoms with E-state index in [0.717, 1.165) is 49.0 Å². The molecule has 0 bridgehead atoms. The number of piperidine rings is 1. The van der Waals surface area contributed by atoms with Crippen molar-refractivity contribution in [2.75, 3.05) is 24.5 Å². The van der Waals surface area contributed by atoms with E-state index in [1.54, 1.807) is 10.6 Å². The van der Waals surface area contributed by atoms with E-state index >= 15 is 0 Å². The smallest absolute Gasteiger partial charge is 0.405 e. The summed E-state index contributed by atoms with van der Waals surface area (Å²) >= 11 is 0.